The van der Waals surface area contributed by atoms with Gasteiger partial charge in [0.15, 0.2) is 0 Å². The fourth-order valence-electron chi connectivity index (χ4n) is 8.82. The molecule has 13 rings (SSSR count). The molecule has 0 saturated heterocycles. The minimum Gasteiger partial charge on any atom is -0.631 e. The van der Waals surface area contributed by atoms with Crippen LogP contribution in [-0.4, -0.2) is 32.5 Å². The number of nitrogens with zero attached hydrogens (tertiary/aromatic N) is 4. The van der Waals surface area contributed by atoms with E-state index in [0.29, 0.717) is 28.4 Å². The molecule has 0 aliphatic carbocycles. The zero-order valence-electron chi connectivity index (χ0n) is 32.0. The van der Waals surface area contributed by atoms with E-state index in [1.165, 1.54) is 0 Å². The Labute approximate surface area is 380 Å². The predicted molar refractivity (Wildman–Crippen MR) is 222 cm³/mol. The van der Waals surface area contributed by atoms with Crippen molar-refractivity contribution in [3.05, 3.63) is 146 Å². The van der Waals surface area contributed by atoms with Crippen molar-refractivity contribution in [3.63, 3.8) is 0 Å². The standard InChI is InChI=1S/C48H24B2N4O5.2Pt/c1-53-19-17-51-47(53)29-11-15-38-34(23-29)49-32-21-27(9-13-36(32)56-40-5-3-6-41(58-38)45(40)49)31-25-44(55-26-31)28-10-14-37-33(22-28)50-35-24-30(48-52-18-20-54(48)2)12-16-39(35)59-43-8-4-7-42(57-37)46(43)50;;/h3-20H,1-2H3;;/q-6;;. The molecule has 0 amide bonds. The Hall–Kier alpha value is -6.27. The molecule has 0 spiro atoms. The molecule has 4 aliphatic heterocycles. The predicted octanol–water partition coefficient (Wildman–Crippen LogP) is 5.67. The first-order chi connectivity index (χ1) is 29.0. The normalized spacial score (nSPS) is 13.0. The maximum Gasteiger partial charge on any atom is 0.220 e. The largest absolute Gasteiger partial charge is 0.631 e. The number of benzene rings is 6. The maximum absolute atomic E-state index is 6.48. The topological polar surface area (TPSA) is 85.7 Å². The summed E-state index contributed by atoms with van der Waals surface area (Å²) in [6.45, 7) is -0.509. The van der Waals surface area contributed by atoms with Gasteiger partial charge in [-0.2, -0.15) is 0 Å². The van der Waals surface area contributed by atoms with E-state index >= 15 is 0 Å². The molecule has 0 radical (unpaired) electrons. The molecule has 13 heteroatoms. The summed E-state index contributed by atoms with van der Waals surface area (Å²) in [5, 5.41) is 0. The SMILES string of the molecule is Cn1ccnc1-c1[c-]c2c(cc1)Oc1cccc3c1B2c1[c-]c(-c2[c-]oc(-c4[c-]c5c(cc4)Oc4cccc6c4B5c4[c-]c(-c5nccn5C)ccc4O6)[c-]2)ccc1O3.[Pt].[Pt]. The number of hydrogen-bond acceptors (Lipinski definition) is 7. The fraction of sp³-hybridized carbons (Fsp3) is 0.0417. The van der Waals surface area contributed by atoms with Crippen LogP contribution in [0.25, 0.3) is 45.2 Å². The Morgan fingerprint density at radius 2 is 0.852 bits per heavy atom. The number of ether oxygens (including phenoxy) is 4. The van der Waals surface area contributed by atoms with Crippen molar-refractivity contribution in [1.29, 1.82) is 0 Å². The van der Waals surface area contributed by atoms with Crippen LogP contribution in [-0.2, 0) is 56.2 Å². The quantitative estimate of drug-likeness (QED) is 0.166. The molecule has 9 aromatic rings. The Bertz CT molecular complexity index is 3030. The minimum absolute atomic E-state index is 0. The van der Waals surface area contributed by atoms with Crippen LogP contribution < -0.4 is 51.7 Å². The average molecular weight is 1150 g/mol. The van der Waals surface area contributed by atoms with Gasteiger partial charge in [-0.1, -0.05) is 17.9 Å². The van der Waals surface area contributed by atoms with E-state index in [0.717, 1.165) is 95.6 Å². The molecule has 7 heterocycles. The second-order valence-corrected chi connectivity index (χ2v) is 15.0. The smallest absolute Gasteiger partial charge is 0.220 e. The van der Waals surface area contributed by atoms with Gasteiger partial charge in [0, 0.05) is 115 Å². The van der Waals surface area contributed by atoms with Gasteiger partial charge in [0.1, 0.15) is 23.0 Å². The fourth-order valence-corrected chi connectivity index (χ4v) is 8.82. The van der Waals surface area contributed by atoms with Gasteiger partial charge in [0.25, 0.3) is 0 Å². The maximum atomic E-state index is 6.48. The van der Waals surface area contributed by atoms with E-state index in [-0.39, 0.29) is 55.6 Å². The van der Waals surface area contributed by atoms with E-state index in [2.05, 4.69) is 46.6 Å². The average Bonchev–Trinajstić information content (AvgIpc) is 4.05. The number of rotatable bonds is 4. The van der Waals surface area contributed by atoms with Crippen molar-refractivity contribution >= 4 is 46.2 Å². The van der Waals surface area contributed by atoms with Crippen LogP contribution in [0.2, 0.25) is 0 Å². The molecule has 0 unspecified atom stereocenters. The zero-order valence-corrected chi connectivity index (χ0v) is 36.6. The number of aryl methyl sites for hydroxylation is 2. The summed E-state index contributed by atoms with van der Waals surface area (Å²) in [5.41, 5.74) is 9.16. The van der Waals surface area contributed by atoms with Gasteiger partial charge in [-0.15, -0.1) is 105 Å². The monoisotopic (exact) mass is 1150 g/mol. The van der Waals surface area contributed by atoms with Crippen molar-refractivity contribution in [2.75, 3.05) is 0 Å². The van der Waals surface area contributed by atoms with E-state index in [1.807, 2.05) is 121 Å². The third-order valence-corrected chi connectivity index (χ3v) is 11.5. The summed E-state index contributed by atoms with van der Waals surface area (Å²) in [6, 6.07) is 45.7. The summed E-state index contributed by atoms with van der Waals surface area (Å²) >= 11 is 0. The molecule has 0 saturated carbocycles. The first kappa shape index (κ1) is 37.7. The molecule has 61 heavy (non-hydrogen) atoms. The molecular formula is C48H24B2N4O5Pt2-6. The van der Waals surface area contributed by atoms with Gasteiger partial charge in [-0.25, -0.2) is 12.1 Å². The molecule has 0 bridgehead atoms. The van der Waals surface area contributed by atoms with Crippen LogP contribution in [0.15, 0.2) is 114 Å². The Balaban J connectivity index is 0.00000210. The number of hydrogen-bond donors (Lipinski definition) is 0. The van der Waals surface area contributed by atoms with Crippen molar-refractivity contribution in [2.45, 2.75) is 0 Å². The molecule has 3 aromatic heterocycles. The minimum atomic E-state index is -0.258. The molecule has 298 valence electrons. The van der Waals surface area contributed by atoms with Crippen LogP contribution in [0.3, 0.4) is 0 Å². The van der Waals surface area contributed by atoms with Gasteiger partial charge in [0.05, 0.1) is 11.6 Å². The summed E-state index contributed by atoms with van der Waals surface area (Å²) in [4.78, 5) is 9.16. The number of furan rings is 1. The second-order valence-electron chi connectivity index (χ2n) is 15.0. The van der Waals surface area contributed by atoms with E-state index in [9.17, 15) is 0 Å². The van der Waals surface area contributed by atoms with Gasteiger partial charge >= 0.3 is 0 Å². The van der Waals surface area contributed by atoms with Crippen molar-refractivity contribution in [3.8, 4) is 91.2 Å². The zero-order chi connectivity index (χ0) is 38.9. The molecule has 0 N–H and O–H groups in total. The summed E-state index contributed by atoms with van der Waals surface area (Å²) in [6.07, 6.45) is 10.5. The first-order valence-electron chi connectivity index (χ1n) is 19.1. The van der Waals surface area contributed by atoms with E-state index in [1.54, 1.807) is 12.4 Å². The van der Waals surface area contributed by atoms with Crippen LogP contribution in [0.5, 0.6) is 46.0 Å². The summed E-state index contributed by atoms with van der Waals surface area (Å²) < 4.78 is 35.9. The van der Waals surface area contributed by atoms with E-state index in [4.69, 9.17) is 23.4 Å². The third kappa shape index (κ3) is 5.71. The number of imidazole rings is 2. The Morgan fingerprint density at radius 1 is 0.459 bits per heavy atom. The van der Waals surface area contributed by atoms with E-state index < -0.39 is 0 Å². The van der Waals surface area contributed by atoms with Crippen molar-refractivity contribution in [2.24, 2.45) is 14.1 Å². The van der Waals surface area contributed by atoms with Gasteiger partial charge in [0.2, 0.25) is 13.4 Å². The van der Waals surface area contributed by atoms with Gasteiger partial charge in [-0.3, -0.25) is 9.97 Å². The summed E-state index contributed by atoms with van der Waals surface area (Å²) in [5.74, 6) is 7.93. The second kappa shape index (κ2) is 14.2. The van der Waals surface area contributed by atoms with Crippen LogP contribution in [0, 0.1) is 36.6 Å². The molecule has 4 aliphatic rings. The van der Waals surface area contributed by atoms with Gasteiger partial charge in [-0.05, 0) is 24.3 Å². The van der Waals surface area contributed by atoms with Crippen molar-refractivity contribution in [1.82, 2.24) is 19.1 Å². The Morgan fingerprint density at radius 3 is 1.28 bits per heavy atom. The molecule has 9 nitrogen and oxygen atoms in total. The summed E-state index contributed by atoms with van der Waals surface area (Å²) in [7, 11) is 3.95. The first-order valence-corrected chi connectivity index (χ1v) is 19.1. The third-order valence-electron chi connectivity index (χ3n) is 11.5. The molecular weight excluding hydrogens is 1120 g/mol. The van der Waals surface area contributed by atoms with Crippen molar-refractivity contribution < 1.29 is 65.5 Å². The van der Waals surface area contributed by atoms with Crippen LogP contribution in [0.4, 0.5) is 0 Å². The van der Waals surface area contributed by atoms with Gasteiger partial charge < -0.3 is 49.7 Å². The Kier molecular flexibility index (Phi) is 8.75. The molecule has 0 fully saturated rings. The number of aromatic nitrogens is 4. The molecule has 0 atom stereocenters. The molecule has 6 aromatic carbocycles. The van der Waals surface area contributed by atoms with Crippen LogP contribution >= 0.6 is 0 Å². The van der Waals surface area contributed by atoms with Crippen LogP contribution in [0.1, 0.15) is 0 Å². The number of fused-ring (bicyclic) bond motifs is 8.